The van der Waals surface area contributed by atoms with Gasteiger partial charge in [-0.25, -0.2) is 0 Å². The van der Waals surface area contributed by atoms with E-state index in [1.807, 2.05) is 0 Å². The fourth-order valence-corrected chi connectivity index (χ4v) is 8.96. The number of amides is 1. The zero-order chi connectivity index (χ0) is 43.0. The number of hydrogen-bond donors (Lipinski definition) is 4. The standard InChI is InChI=1S/C54H109NO4/c1-3-5-7-9-11-13-15-17-19-20-21-22-23-24-25-26-27-28-29-30-31-32-33-34-35-37-39-41-43-45-47-49-53(58)54(59)55-51(50-56)52(57)48-46-44-42-40-38-36-18-16-14-12-10-8-6-4-2/h51-53,56-58H,3-50H2,1-2H3,(H,55,59). The summed E-state index contributed by atoms with van der Waals surface area (Å²) in [5.74, 6) is -0.463. The molecule has 0 bridgehead atoms. The van der Waals surface area contributed by atoms with Gasteiger partial charge in [0.1, 0.15) is 6.10 Å². The molecule has 0 aliphatic heterocycles. The van der Waals surface area contributed by atoms with Gasteiger partial charge in [-0.05, 0) is 12.8 Å². The molecule has 0 rings (SSSR count). The molecule has 3 unspecified atom stereocenters. The molecule has 0 radical (unpaired) electrons. The van der Waals surface area contributed by atoms with Gasteiger partial charge in [-0.15, -0.1) is 0 Å². The highest BCUT2D eigenvalue weighted by Gasteiger charge is 2.23. The number of unbranched alkanes of at least 4 members (excludes halogenated alkanes) is 43. The van der Waals surface area contributed by atoms with Crippen molar-refractivity contribution >= 4 is 5.91 Å². The van der Waals surface area contributed by atoms with Crippen LogP contribution >= 0.6 is 0 Å². The number of hydrogen-bond acceptors (Lipinski definition) is 4. The Morgan fingerprint density at radius 3 is 0.763 bits per heavy atom. The van der Waals surface area contributed by atoms with Gasteiger partial charge in [-0.1, -0.05) is 303 Å². The van der Waals surface area contributed by atoms with E-state index in [2.05, 4.69) is 19.2 Å². The average molecular weight is 836 g/mol. The summed E-state index contributed by atoms with van der Waals surface area (Å²) in [5, 5.41) is 33.4. The fraction of sp³-hybridized carbons (Fsp3) is 0.981. The zero-order valence-electron chi connectivity index (χ0n) is 40.4. The number of aliphatic hydroxyl groups is 3. The Morgan fingerprint density at radius 2 is 0.542 bits per heavy atom. The highest BCUT2D eigenvalue weighted by Crippen LogP contribution is 2.18. The minimum atomic E-state index is -1.07. The average Bonchev–Trinajstić information content (AvgIpc) is 3.24. The Morgan fingerprint density at radius 1 is 0.339 bits per heavy atom. The lowest BCUT2D eigenvalue weighted by molar-refractivity contribution is -0.131. The second-order valence-corrected chi connectivity index (χ2v) is 19.2. The number of rotatable bonds is 51. The monoisotopic (exact) mass is 836 g/mol. The van der Waals surface area contributed by atoms with Crippen LogP contribution in [0.15, 0.2) is 0 Å². The smallest absolute Gasteiger partial charge is 0.249 e. The summed E-state index contributed by atoms with van der Waals surface area (Å²) in [4.78, 5) is 12.5. The molecule has 1 amide bonds. The lowest BCUT2D eigenvalue weighted by Crippen LogP contribution is -2.49. The lowest BCUT2D eigenvalue weighted by Gasteiger charge is -2.23. The fourth-order valence-electron chi connectivity index (χ4n) is 8.96. The van der Waals surface area contributed by atoms with Crippen LogP contribution in [-0.4, -0.2) is 46.1 Å². The summed E-state index contributed by atoms with van der Waals surface area (Å²) in [5.41, 5.74) is 0. The first kappa shape index (κ1) is 58.4. The molecule has 0 fully saturated rings. The van der Waals surface area contributed by atoms with Gasteiger partial charge in [-0.3, -0.25) is 4.79 Å². The molecule has 0 aromatic rings. The number of carbonyl (C=O) groups excluding carboxylic acids is 1. The van der Waals surface area contributed by atoms with Crippen molar-refractivity contribution in [1.82, 2.24) is 5.32 Å². The predicted octanol–water partition coefficient (Wildman–Crippen LogP) is 16.6. The first-order chi connectivity index (χ1) is 29.1. The minimum Gasteiger partial charge on any atom is -0.394 e. The van der Waals surface area contributed by atoms with Gasteiger partial charge < -0.3 is 20.6 Å². The van der Waals surface area contributed by atoms with Crippen LogP contribution < -0.4 is 5.32 Å². The molecule has 0 aliphatic carbocycles. The van der Waals surface area contributed by atoms with Gasteiger partial charge in [0, 0.05) is 0 Å². The molecule has 3 atom stereocenters. The summed E-state index contributed by atoms with van der Waals surface area (Å²) in [6.45, 7) is 4.26. The molecule has 0 aromatic carbocycles. The third-order valence-electron chi connectivity index (χ3n) is 13.2. The third kappa shape index (κ3) is 45.2. The van der Waals surface area contributed by atoms with Crippen LogP contribution in [0.3, 0.4) is 0 Å². The summed E-state index contributed by atoms with van der Waals surface area (Å²) in [6, 6.07) is -0.706. The van der Waals surface area contributed by atoms with E-state index >= 15 is 0 Å². The zero-order valence-corrected chi connectivity index (χ0v) is 40.4. The highest BCUT2D eigenvalue weighted by atomic mass is 16.3. The lowest BCUT2D eigenvalue weighted by atomic mass is 10.0. The second kappa shape index (κ2) is 50.0. The van der Waals surface area contributed by atoms with Crippen molar-refractivity contribution in [2.75, 3.05) is 6.61 Å². The molecular weight excluding hydrogens is 727 g/mol. The molecule has 4 N–H and O–H groups in total. The van der Waals surface area contributed by atoms with E-state index in [4.69, 9.17) is 0 Å². The van der Waals surface area contributed by atoms with Crippen molar-refractivity contribution in [3.8, 4) is 0 Å². The van der Waals surface area contributed by atoms with Crippen molar-refractivity contribution in [3.63, 3.8) is 0 Å². The normalized spacial score (nSPS) is 13.2. The van der Waals surface area contributed by atoms with E-state index in [-0.39, 0.29) is 6.61 Å². The maximum absolute atomic E-state index is 12.5. The van der Waals surface area contributed by atoms with E-state index in [9.17, 15) is 20.1 Å². The van der Waals surface area contributed by atoms with Crippen LogP contribution in [0.2, 0.25) is 0 Å². The summed E-state index contributed by atoms with van der Waals surface area (Å²) < 4.78 is 0. The van der Waals surface area contributed by atoms with Crippen LogP contribution in [0.25, 0.3) is 0 Å². The summed E-state index contributed by atoms with van der Waals surface area (Å²) >= 11 is 0. The van der Waals surface area contributed by atoms with E-state index in [1.54, 1.807) is 0 Å². The maximum Gasteiger partial charge on any atom is 0.249 e. The summed E-state index contributed by atoms with van der Waals surface area (Å²) in [7, 11) is 0. The maximum atomic E-state index is 12.5. The minimum absolute atomic E-state index is 0.308. The Hall–Kier alpha value is -0.650. The number of aliphatic hydroxyl groups excluding tert-OH is 3. The van der Waals surface area contributed by atoms with E-state index in [0.29, 0.717) is 12.8 Å². The third-order valence-corrected chi connectivity index (χ3v) is 13.2. The van der Waals surface area contributed by atoms with Gasteiger partial charge in [0.25, 0.3) is 0 Å². The first-order valence-electron chi connectivity index (χ1n) is 27.3. The molecule has 0 heterocycles. The van der Waals surface area contributed by atoms with E-state index in [1.165, 1.54) is 257 Å². The Labute approximate surface area is 370 Å². The molecule has 0 saturated heterocycles. The Bertz CT molecular complexity index is 792. The Kier molecular flexibility index (Phi) is 49.4. The molecule has 0 saturated carbocycles. The molecule has 5 nitrogen and oxygen atoms in total. The van der Waals surface area contributed by atoms with Gasteiger partial charge in [0.15, 0.2) is 0 Å². The van der Waals surface area contributed by atoms with Crippen LogP contribution in [0.1, 0.15) is 316 Å². The largest absolute Gasteiger partial charge is 0.394 e. The van der Waals surface area contributed by atoms with E-state index < -0.39 is 24.2 Å². The quantitative estimate of drug-likeness (QED) is 0.0460. The highest BCUT2D eigenvalue weighted by molar-refractivity contribution is 5.80. The van der Waals surface area contributed by atoms with E-state index in [0.717, 1.165) is 32.1 Å². The molecule has 0 aliphatic rings. The van der Waals surface area contributed by atoms with Crippen molar-refractivity contribution in [2.45, 2.75) is 334 Å². The van der Waals surface area contributed by atoms with Crippen LogP contribution in [0, 0.1) is 0 Å². The van der Waals surface area contributed by atoms with Crippen LogP contribution in [0.5, 0.6) is 0 Å². The topological polar surface area (TPSA) is 89.8 Å². The molecular formula is C54H109NO4. The molecule has 5 heteroatoms. The molecule has 0 spiro atoms. The number of carbonyl (C=O) groups is 1. The van der Waals surface area contributed by atoms with Gasteiger partial charge in [-0.2, -0.15) is 0 Å². The molecule has 354 valence electrons. The molecule has 59 heavy (non-hydrogen) atoms. The predicted molar refractivity (Wildman–Crippen MR) is 259 cm³/mol. The summed E-state index contributed by atoms with van der Waals surface area (Å²) in [6.07, 6.45) is 60.1. The van der Waals surface area contributed by atoms with Crippen LogP contribution in [-0.2, 0) is 4.79 Å². The Balaban J connectivity index is 3.44. The first-order valence-corrected chi connectivity index (χ1v) is 27.3. The van der Waals surface area contributed by atoms with Crippen molar-refractivity contribution < 1.29 is 20.1 Å². The van der Waals surface area contributed by atoms with Crippen molar-refractivity contribution in [2.24, 2.45) is 0 Å². The van der Waals surface area contributed by atoms with Gasteiger partial charge in [0.2, 0.25) is 5.91 Å². The SMILES string of the molecule is CCCCCCCCCCCCCCCCCCCCCCCCCCCCCCCCCC(O)C(=O)NC(CO)C(O)CCCCCCCCCCCCCCCC. The van der Waals surface area contributed by atoms with Gasteiger partial charge >= 0.3 is 0 Å². The second-order valence-electron chi connectivity index (χ2n) is 19.2. The van der Waals surface area contributed by atoms with Crippen LogP contribution in [0.4, 0.5) is 0 Å². The van der Waals surface area contributed by atoms with Gasteiger partial charge in [0.05, 0.1) is 18.8 Å². The van der Waals surface area contributed by atoms with Crippen molar-refractivity contribution in [1.29, 1.82) is 0 Å². The molecule has 0 aromatic heterocycles. The van der Waals surface area contributed by atoms with Crippen molar-refractivity contribution in [3.05, 3.63) is 0 Å². The number of nitrogens with one attached hydrogen (secondary N) is 1.